The average Bonchev–Trinajstić information content (AvgIpc) is 2.71. The van der Waals surface area contributed by atoms with E-state index in [-0.39, 0.29) is 30.9 Å². The van der Waals surface area contributed by atoms with E-state index >= 15 is 0 Å². The van der Waals surface area contributed by atoms with E-state index in [0.717, 1.165) is 0 Å². The second-order valence-corrected chi connectivity index (χ2v) is 6.03. The van der Waals surface area contributed by atoms with Crippen LogP contribution in [-0.2, 0) is 9.59 Å². The summed E-state index contributed by atoms with van der Waals surface area (Å²) < 4.78 is 10.2. The molecular weight excluding hydrogens is 380 g/mol. The van der Waals surface area contributed by atoms with E-state index in [0.29, 0.717) is 17.1 Å². The minimum absolute atomic E-state index is 0.0696. The molecule has 0 aliphatic heterocycles. The van der Waals surface area contributed by atoms with E-state index in [4.69, 9.17) is 15.2 Å². The number of nitrogens with two attached hydrogens (primary N) is 1. The van der Waals surface area contributed by atoms with Gasteiger partial charge in [0.15, 0.2) is 0 Å². The lowest BCUT2D eigenvalue weighted by Crippen LogP contribution is -2.35. The largest absolute Gasteiger partial charge is 0.497 e. The molecular formula is C19H22N4O6. The molecule has 0 radical (unpaired) electrons. The molecule has 0 saturated heterocycles. The number of non-ortho nitro benzene ring substituents is 1. The predicted molar refractivity (Wildman–Crippen MR) is 107 cm³/mol. The van der Waals surface area contributed by atoms with Gasteiger partial charge in [-0.15, -0.1) is 0 Å². The Morgan fingerprint density at radius 1 is 1.14 bits per heavy atom. The van der Waals surface area contributed by atoms with Gasteiger partial charge in [0.05, 0.1) is 37.4 Å². The van der Waals surface area contributed by atoms with E-state index in [2.05, 4.69) is 5.32 Å². The van der Waals surface area contributed by atoms with Crippen molar-refractivity contribution in [2.75, 3.05) is 37.5 Å². The number of carbonyl (C=O) groups is 2. The summed E-state index contributed by atoms with van der Waals surface area (Å²) in [5.74, 6) is -0.0530. The molecule has 0 aliphatic rings. The Bertz CT molecular complexity index is 885. The summed E-state index contributed by atoms with van der Waals surface area (Å²) in [5, 5.41) is 13.6. The molecule has 10 heteroatoms. The van der Waals surface area contributed by atoms with Crippen molar-refractivity contribution in [2.24, 2.45) is 5.73 Å². The van der Waals surface area contributed by atoms with E-state index in [1.54, 1.807) is 36.3 Å². The second kappa shape index (κ2) is 9.93. The third-order valence-electron chi connectivity index (χ3n) is 4.07. The summed E-state index contributed by atoms with van der Waals surface area (Å²) >= 11 is 0. The number of nitro benzene ring substituents is 1. The highest BCUT2D eigenvalue weighted by molar-refractivity contribution is 5.95. The van der Waals surface area contributed by atoms with Crippen LogP contribution in [0.25, 0.3) is 0 Å². The molecule has 154 valence electrons. The molecule has 0 unspecified atom stereocenters. The maximum Gasteiger partial charge on any atom is 0.273 e. The van der Waals surface area contributed by atoms with Gasteiger partial charge in [-0.3, -0.25) is 19.7 Å². The zero-order valence-corrected chi connectivity index (χ0v) is 16.1. The van der Waals surface area contributed by atoms with Crippen LogP contribution >= 0.6 is 0 Å². The molecule has 0 heterocycles. The molecule has 3 N–H and O–H groups in total. The number of hydrogen-bond acceptors (Lipinski definition) is 7. The number of primary amides is 1. The van der Waals surface area contributed by atoms with Crippen LogP contribution in [0.2, 0.25) is 0 Å². The minimum Gasteiger partial charge on any atom is -0.497 e. The summed E-state index contributed by atoms with van der Waals surface area (Å²) in [7, 11) is 2.90. The highest BCUT2D eigenvalue weighted by Crippen LogP contribution is 2.29. The summed E-state index contributed by atoms with van der Waals surface area (Å²) in [6.07, 6.45) is 0.0696. The monoisotopic (exact) mass is 402 g/mol. The van der Waals surface area contributed by atoms with Crippen molar-refractivity contribution in [3.8, 4) is 11.5 Å². The number of nitrogens with zero attached hydrogens (tertiary/aromatic N) is 2. The first kappa shape index (κ1) is 21.5. The number of ether oxygens (including phenoxy) is 2. The Morgan fingerprint density at radius 2 is 1.83 bits per heavy atom. The van der Waals surface area contributed by atoms with Crippen LogP contribution in [0.4, 0.5) is 17.1 Å². The third kappa shape index (κ3) is 6.09. The second-order valence-electron chi connectivity index (χ2n) is 6.03. The standard InChI is InChI=1S/C19H22N4O6/c1-28-15-6-3-13(4-7-15)22(10-9-18(20)24)12-19(25)21-16-8-5-14(23(26)27)11-17(16)29-2/h3-8,11H,9-10,12H2,1-2H3,(H2,20,24)(H,21,25). The van der Waals surface area contributed by atoms with Gasteiger partial charge in [-0.1, -0.05) is 0 Å². The number of rotatable bonds is 10. The number of methoxy groups -OCH3 is 2. The van der Waals surface area contributed by atoms with Crippen LogP contribution in [0.3, 0.4) is 0 Å². The Kier molecular flexibility index (Phi) is 7.35. The third-order valence-corrected chi connectivity index (χ3v) is 4.07. The Labute approximate surface area is 167 Å². The van der Waals surface area contributed by atoms with Crippen LogP contribution < -0.4 is 25.4 Å². The van der Waals surface area contributed by atoms with Crippen molar-refractivity contribution in [1.82, 2.24) is 0 Å². The van der Waals surface area contributed by atoms with Gasteiger partial charge in [0, 0.05) is 24.7 Å². The van der Waals surface area contributed by atoms with Crippen molar-refractivity contribution >= 4 is 28.9 Å². The molecule has 10 nitrogen and oxygen atoms in total. The molecule has 29 heavy (non-hydrogen) atoms. The number of hydrogen-bond donors (Lipinski definition) is 2. The average molecular weight is 402 g/mol. The summed E-state index contributed by atoms with van der Waals surface area (Å²) in [6, 6.07) is 10.9. The molecule has 2 aromatic carbocycles. The van der Waals surface area contributed by atoms with Gasteiger partial charge in [0.25, 0.3) is 5.69 Å². The molecule has 0 aliphatic carbocycles. The molecule has 0 aromatic heterocycles. The predicted octanol–water partition coefficient (Wildman–Crippen LogP) is 1.93. The van der Waals surface area contributed by atoms with Crippen LogP contribution in [-0.4, -0.2) is 44.0 Å². The van der Waals surface area contributed by atoms with Crippen LogP contribution in [0.15, 0.2) is 42.5 Å². The maximum atomic E-state index is 12.6. The van der Waals surface area contributed by atoms with Crippen LogP contribution in [0, 0.1) is 10.1 Å². The lowest BCUT2D eigenvalue weighted by molar-refractivity contribution is -0.384. The van der Waals surface area contributed by atoms with Crippen molar-refractivity contribution in [1.29, 1.82) is 0 Å². The fourth-order valence-electron chi connectivity index (χ4n) is 2.60. The molecule has 0 bridgehead atoms. The van der Waals surface area contributed by atoms with Crippen LogP contribution in [0.5, 0.6) is 11.5 Å². The van der Waals surface area contributed by atoms with Crippen molar-refractivity contribution in [3.63, 3.8) is 0 Å². The van der Waals surface area contributed by atoms with Gasteiger partial charge in [-0.05, 0) is 30.3 Å². The quantitative estimate of drug-likeness (QED) is 0.457. The molecule has 0 saturated carbocycles. The number of anilines is 2. The van der Waals surface area contributed by atoms with Gasteiger partial charge >= 0.3 is 0 Å². The summed E-state index contributed by atoms with van der Waals surface area (Å²) in [4.78, 5) is 35.8. The summed E-state index contributed by atoms with van der Waals surface area (Å²) in [6.45, 7) is 0.173. The Balaban J connectivity index is 2.16. The first-order valence-corrected chi connectivity index (χ1v) is 8.63. The number of benzene rings is 2. The van der Waals surface area contributed by atoms with Gasteiger partial charge < -0.3 is 25.4 Å². The van der Waals surface area contributed by atoms with Crippen LogP contribution in [0.1, 0.15) is 6.42 Å². The molecule has 0 atom stereocenters. The lowest BCUT2D eigenvalue weighted by atomic mass is 10.2. The highest BCUT2D eigenvalue weighted by atomic mass is 16.6. The first-order valence-electron chi connectivity index (χ1n) is 8.63. The fourth-order valence-corrected chi connectivity index (χ4v) is 2.60. The van der Waals surface area contributed by atoms with E-state index in [1.807, 2.05) is 0 Å². The maximum absolute atomic E-state index is 12.6. The molecule has 2 amide bonds. The topological polar surface area (TPSA) is 137 Å². The highest BCUT2D eigenvalue weighted by Gasteiger charge is 2.17. The van der Waals surface area contributed by atoms with E-state index in [9.17, 15) is 19.7 Å². The Morgan fingerprint density at radius 3 is 2.38 bits per heavy atom. The van der Waals surface area contributed by atoms with Gasteiger partial charge in [0.1, 0.15) is 11.5 Å². The lowest BCUT2D eigenvalue weighted by Gasteiger charge is -2.24. The normalized spacial score (nSPS) is 10.1. The molecule has 0 fully saturated rings. The van der Waals surface area contributed by atoms with Crippen molar-refractivity contribution in [3.05, 3.63) is 52.6 Å². The number of nitrogens with one attached hydrogen (secondary N) is 1. The molecule has 0 spiro atoms. The molecule has 2 aromatic rings. The SMILES string of the molecule is COc1ccc(N(CCC(N)=O)CC(=O)Nc2ccc([N+](=O)[O-])cc2OC)cc1. The number of amides is 2. The Hall–Kier alpha value is -3.82. The van der Waals surface area contributed by atoms with Crippen molar-refractivity contribution < 1.29 is 24.0 Å². The fraction of sp³-hybridized carbons (Fsp3) is 0.263. The van der Waals surface area contributed by atoms with E-state index in [1.165, 1.54) is 25.3 Å². The van der Waals surface area contributed by atoms with Gasteiger partial charge in [0.2, 0.25) is 11.8 Å². The first-order chi connectivity index (χ1) is 13.8. The van der Waals surface area contributed by atoms with E-state index < -0.39 is 16.7 Å². The zero-order chi connectivity index (χ0) is 21.4. The number of nitro groups is 1. The van der Waals surface area contributed by atoms with Gasteiger partial charge in [-0.25, -0.2) is 0 Å². The molecule has 2 rings (SSSR count). The minimum atomic E-state index is -0.552. The zero-order valence-electron chi connectivity index (χ0n) is 16.1. The number of carbonyl (C=O) groups excluding carboxylic acids is 2. The van der Waals surface area contributed by atoms with Crippen molar-refractivity contribution in [2.45, 2.75) is 6.42 Å². The van der Waals surface area contributed by atoms with Gasteiger partial charge in [-0.2, -0.15) is 0 Å². The summed E-state index contributed by atoms with van der Waals surface area (Å²) in [5.41, 5.74) is 6.09. The smallest absolute Gasteiger partial charge is 0.273 e.